The lowest BCUT2D eigenvalue weighted by atomic mass is 9.93. The Bertz CT molecular complexity index is 1380. The molecule has 0 atom stereocenters. The zero-order valence-corrected chi connectivity index (χ0v) is 22.5. The van der Waals surface area contributed by atoms with E-state index in [1.165, 1.54) is 0 Å². The second-order valence-electron chi connectivity index (χ2n) is 9.53. The molecule has 0 aliphatic rings. The standard InChI is InChI=1S/C32H30O3P/c1-19-15-21(3)29(22(4)16-19)31(33)25-11-7-9-13-27(25)36(35)28-14-10-8-12-26(28)32(34)30-23(5)17-20(2)18-24(30)6/h7-18H,1-6H3/q+1. The first-order valence-electron chi connectivity index (χ1n) is 12.0. The Kier molecular flexibility index (Phi) is 7.15. The van der Waals surface area contributed by atoms with E-state index in [1.54, 1.807) is 48.5 Å². The highest BCUT2D eigenvalue weighted by molar-refractivity contribution is 7.62. The Labute approximate surface area is 214 Å². The van der Waals surface area contributed by atoms with Gasteiger partial charge in [-0.2, -0.15) is 0 Å². The molecule has 0 radical (unpaired) electrons. The molecule has 0 unspecified atom stereocenters. The number of ketones is 2. The van der Waals surface area contributed by atoms with Crippen LogP contribution in [0.1, 0.15) is 65.2 Å². The van der Waals surface area contributed by atoms with E-state index in [0.29, 0.717) is 32.9 Å². The van der Waals surface area contributed by atoms with Gasteiger partial charge in [0.2, 0.25) is 10.6 Å². The highest BCUT2D eigenvalue weighted by Gasteiger charge is 2.35. The summed E-state index contributed by atoms with van der Waals surface area (Å²) in [5.74, 6) is -0.309. The maximum absolute atomic E-state index is 14.1. The maximum atomic E-state index is 14.1. The van der Waals surface area contributed by atoms with Gasteiger partial charge < -0.3 is 0 Å². The first-order valence-corrected chi connectivity index (χ1v) is 13.3. The highest BCUT2D eigenvalue weighted by atomic mass is 31.1. The van der Waals surface area contributed by atoms with Crippen LogP contribution in [0, 0.1) is 41.5 Å². The third-order valence-corrected chi connectivity index (χ3v) is 8.20. The van der Waals surface area contributed by atoms with Crippen LogP contribution in [0.3, 0.4) is 0 Å². The average Bonchev–Trinajstić information content (AvgIpc) is 2.82. The predicted molar refractivity (Wildman–Crippen MR) is 148 cm³/mol. The van der Waals surface area contributed by atoms with Crippen LogP contribution in [0.4, 0.5) is 0 Å². The summed E-state index contributed by atoms with van der Waals surface area (Å²) in [6, 6.07) is 22.0. The molecule has 0 saturated carbocycles. The third kappa shape index (κ3) is 4.72. The van der Waals surface area contributed by atoms with E-state index in [1.807, 2.05) is 65.8 Å². The minimum atomic E-state index is -2.20. The third-order valence-electron chi connectivity index (χ3n) is 6.54. The van der Waals surface area contributed by atoms with Crippen LogP contribution in [0.2, 0.25) is 0 Å². The molecular formula is C32H30O3P+. The van der Waals surface area contributed by atoms with Crippen LogP contribution in [-0.2, 0) is 4.57 Å². The molecule has 0 aromatic heterocycles. The summed E-state index contributed by atoms with van der Waals surface area (Å²) < 4.78 is 14.1. The molecule has 0 saturated heterocycles. The molecule has 4 heteroatoms. The SMILES string of the molecule is Cc1cc(C)c(C(=O)c2ccccc2[P+](=O)c2ccccc2C(=O)c2c(C)cc(C)cc2C)c(C)c1. The van der Waals surface area contributed by atoms with Crippen molar-refractivity contribution in [3.63, 3.8) is 0 Å². The molecule has 4 aromatic carbocycles. The van der Waals surface area contributed by atoms with Crippen molar-refractivity contribution in [1.82, 2.24) is 0 Å². The van der Waals surface area contributed by atoms with E-state index < -0.39 is 7.80 Å². The smallest absolute Gasteiger partial charge is 0.288 e. The molecule has 36 heavy (non-hydrogen) atoms. The van der Waals surface area contributed by atoms with Gasteiger partial charge in [-0.3, -0.25) is 9.59 Å². The maximum Gasteiger partial charge on any atom is 0.416 e. The van der Waals surface area contributed by atoms with E-state index in [4.69, 9.17) is 0 Å². The number of benzene rings is 4. The second-order valence-corrected chi connectivity index (χ2v) is 11.1. The minimum Gasteiger partial charge on any atom is -0.288 e. The Balaban J connectivity index is 1.83. The summed E-state index contributed by atoms with van der Waals surface area (Å²) in [7, 11) is -2.20. The predicted octanol–water partition coefficient (Wildman–Crippen LogP) is 6.78. The average molecular weight is 494 g/mol. The molecule has 0 bridgehead atoms. The summed E-state index contributed by atoms with van der Waals surface area (Å²) >= 11 is 0. The molecule has 0 aliphatic carbocycles. The molecule has 180 valence electrons. The summed E-state index contributed by atoms with van der Waals surface area (Å²) in [5, 5.41) is 0.879. The molecule has 0 N–H and O–H groups in total. The normalized spacial score (nSPS) is 10.8. The minimum absolute atomic E-state index is 0.155. The number of hydrogen-bond acceptors (Lipinski definition) is 3. The van der Waals surface area contributed by atoms with E-state index in [2.05, 4.69) is 0 Å². The van der Waals surface area contributed by atoms with Crippen molar-refractivity contribution in [3.05, 3.63) is 128 Å². The van der Waals surface area contributed by atoms with Crippen LogP contribution in [-0.4, -0.2) is 11.6 Å². The van der Waals surface area contributed by atoms with Crippen molar-refractivity contribution in [2.75, 3.05) is 0 Å². The van der Waals surface area contributed by atoms with Crippen molar-refractivity contribution < 1.29 is 14.2 Å². The van der Waals surface area contributed by atoms with Gasteiger partial charge in [-0.15, -0.1) is 0 Å². The van der Waals surface area contributed by atoms with Crippen molar-refractivity contribution >= 4 is 30.0 Å². The van der Waals surface area contributed by atoms with Gasteiger partial charge in [0.15, 0.2) is 11.6 Å². The summed E-state index contributed by atoms with van der Waals surface area (Å²) in [6.45, 7) is 11.7. The van der Waals surface area contributed by atoms with Crippen LogP contribution < -0.4 is 10.6 Å². The van der Waals surface area contributed by atoms with Gasteiger partial charge in [0.05, 0.1) is 11.1 Å². The summed E-state index contributed by atoms with van der Waals surface area (Å²) in [6.07, 6.45) is 0. The number of aryl methyl sites for hydroxylation is 6. The second kappa shape index (κ2) is 10.1. The fourth-order valence-corrected chi connectivity index (χ4v) is 6.65. The van der Waals surface area contributed by atoms with Crippen molar-refractivity contribution in [1.29, 1.82) is 0 Å². The molecule has 0 spiro atoms. The van der Waals surface area contributed by atoms with Crippen LogP contribution >= 0.6 is 7.80 Å². The monoisotopic (exact) mass is 493 g/mol. The lowest BCUT2D eigenvalue weighted by Gasteiger charge is -2.12. The van der Waals surface area contributed by atoms with Gasteiger partial charge in [-0.1, -0.05) is 64.2 Å². The molecule has 4 aromatic rings. The zero-order valence-electron chi connectivity index (χ0n) is 21.6. The van der Waals surface area contributed by atoms with Crippen molar-refractivity contribution in [2.45, 2.75) is 41.5 Å². The first kappa shape index (κ1) is 25.4. The Hall–Kier alpha value is -3.68. The van der Waals surface area contributed by atoms with Crippen LogP contribution in [0.5, 0.6) is 0 Å². The lowest BCUT2D eigenvalue weighted by Crippen LogP contribution is -2.22. The van der Waals surface area contributed by atoms with Crippen LogP contribution in [0.15, 0.2) is 72.8 Å². The first-order chi connectivity index (χ1) is 17.1. The van der Waals surface area contributed by atoms with E-state index in [0.717, 1.165) is 33.4 Å². The van der Waals surface area contributed by atoms with Gasteiger partial charge in [0.25, 0.3) is 0 Å². The number of carbonyl (C=O) groups is 2. The fourth-order valence-electron chi connectivity index (χ4n) is 5.16. The molecule has 3 nitrogen and oxygen atoms in total. The van der Waals surface area contributed by atoms with Crippen molar-refractivity contribution in [3.8, 4) is 0 Å². The van der Waals surface area contributed by atoms with Gasteiger partial charge in [0, 0.05) is 11.1 Å². The van der Waals surface area contributed by atoms with E-state index in [-0.39, 0.29) is 11.6 Å². The lowest BCUT2D eigenvalue weighted by molar-refractivity contribution is 0.103. The highest BCUT2D eigenvalue weighted by Crippen LogP contribution is 2.29. The molecule has 0 heterocycles. The largest absolute Gasteiger partial charge is 0.416 e. The van der Waals surface area contributed by atoms with Gasteiger partial charge in [-0.25, -0.2) is 0 Å². The molecule has 0 aliphatic heterocycles. The number of rotatable bonds is 6. The molecular weight excluding hydrogens is 463 g/mol. The summed E-state index contributed by atoms with van der Waals surface area (Å²) in [5.41, 5.74) is 7.82. The van der Waals surface area contributed by atoms with E-state index >= 15 is 0 Å². The van der Waals surface area contributed by atoms with Gasteiger partial charge in [-0.05, 0) is 88.1 Å². The molecule has 0 amide bonds. The van der Waals surface area contributed by atoms with Crippen molar-refractivity contribution in [2.24, 2.45) is 0 Å². The van der Waals surface area contributed by atoms with Gasteiger partial charge >= 0.3 is 7.80 Å². The summed E-state index contributed by atoms with van der Waals surface area (Å²) in [4.78, 5) is 27.4. The molecule has 4 rings (SSSR count). The van der Waals surface area contributed by atoms with Crippen LogP contribution in [0.25, 0.3) is 0 Å². The fraction of sp³-hybridized carbons (Fsp3) is 0.188. The number of hydrogen-bond donors (Lipinski definition) is 0. The Morgan fingerprint density at radius 2 is 0.833 bits per heavy atom. The quantitative estimate of drug-likeness (QED) is 0.220. The topological polar surface area (TPSA) is 51.2 Å². The zero-order chi connectivity index (χ0) is 26.1. The number of carbonyl (C=O) groups excluding carboxylic acids is 2. The Morgan fingerprint density at radius 1 is 0.528 bits per heavy atom. The Morgan fingerprint density at radius 3 is 1.17 bits per heavy atom. The molecule has 0 fully saturated rings. The van der Waals surface area contributed by atoms with Gasteiger partial charge in [0.1, 0.15) is 0 Å². The van der Waals surface area contributed by atoms with E-state index in [9.17, 15) is 14.2 Å².